The van der Waals surface area contributed by atoms with Crippen molar-refractivity contribution < 1.29 is 33.8 Å². The molecular weight excluding hydrogens is 692 g/mol. The fraction of sp³-hybridized carbons (Fsp3) is 0.115. The van der Waals surface area contributed by atoms with Gasteiger partial charge in [-0.3, -0.25) is 14.4 Å². The minimum atomic E-state index is -0.582. The Bertz CT molecular complexity index is 1470. The number of hydrogen-bond donors (Lipinski definition) is 3. The number of primary amides is 1. The molecule has 0 unspecified atom stereocenters. The highest BCUT2D eigenvalue weighted by atomic mass is 127. The molecule has 0 spiro atoms. The first-order chi connectivity index (χ1) is 17.1. The van der Waals surface area contributed by atoms with Gasteiger partial charge in [-0.25, -0.2) is 0 Å². The first-order valence-corrected chi connectivity index (χ1v) is 12.8. The van der Waals surface area contributed by atoms with Crippen LogP contribution in [-0.4, -0.2) is 27.9 Å². The molecule has 0 aliphatic rings. The molecule has 8 nitrogen and oxygen atoms in total. The zero-order valence-electron chi connectivity index (χ0n) is 18.6. The number of carbonyl (C=O) groups is 3. The third-order valence-electron chi connectivity index (χ3n) is 5.36. The fourth-order valence-electron chi connectivity index (χ4n) is 3.67. The lowest BCUT2D eigenvalue weighted by molar-refractivity contribution is -0.133. The van der Waals surface area contributed by atoms with Crippen LogP contribution in [0.1, 0.15) is 33.7 Å². The predicted molar refractivity (Wildman–Crippen MR) is 148 cm³/mol. The molecule has 4 N–H and O–H groups in total. The van der Waals surface area contributed by atoms with Crippen LogP contribution in [-0.2, 0) is 22.4 Å². The number of furan rings is 1. The van der Waals surface area contributed by atoms with Crippen LogP contribution in [0.4, 0.5) is 0 Å². The maximum absolute atomic E-state index is 13.5. The van der Waals surface area contributed by atoms with E-state index in [2.05, 4.69) is 0 Å². The molecule has 0 bridgehead atoms. The number of aryl methyl sites for hydroxylation is 1. The standard InChI is InChI=1S/C26H19I2NO7/c27-16-9-14(10-17(28)26(16)34)25(33)24-15-11-18(30)21(12-20(15)35-19(24)6-7-22(29)31)36-23(32)8-13-4-2-1-3-5-13/h1-5,9-12,30,34H,6-8H2,(H2,29,31). The van der Waals surface area contributed by atoms with Gasteiger partial charge in [0, 0.05) is 29.9 Å². The van der Waals surface area contributed by atoms with E-state index in [1.54, 1.807) is 24.3 Å². The number of phenolic OH excluding ortho intramolecular Hbond substituents is 2. The van der Waals surface area contributed by atoms with E-state index >= 15 is 0 Å². The molecule has 36 heavy (non-hydrogen) atoms. The van der Waals surface area contributed by atoms with Gasteiger partial charge in [0.1, 0.15) is 17.1 Å². The van der Waals surface area contributed by atoms with Crippen LogP contribution in [0.5, 0.6) is 17.2 Å². The van der Waals surface area contributed by atoms with E-state index in [0.717, 1.165) is 5.56 Å². The quantitative estimate of drug-likeness (QED) is 0.103. The summed E-state index contributed by atoms with van der Waals surface area (Å²) in [5, 5.41) is 21.0. The van der Waals surface area contributed by atoms with E-state index in [1.165, 1.54) is 24.3 Å². The van der Waals surface area contributed by atoms with Gasteiger partial charge in [0.25, 0.3) is 0 Å². The van der Waals surface area contributed by atoms with Gasteiger partial charge in [-0.05, 0) is 68.9 Å². The summed E-state index contributed by atoms with van der Waals surface area (Å²) in [7, 11) is 0. The number of hydrogen-bond acceptors (Lipinski definition) is 7. The Morgan fingerprint density at radius 3 is 2.28 bits per heavy atom. The molecule has 0 aliphatic heterocycles. The Kier molecular flexibility index (Phi) is 7.83. The summed E-state index contributed by atoms with van der Waals surface area (Å²) in [6.07, 6.45) is -0.000906. The highest BCUT2D eigenvalue weighted by Crippen LogP contribution is 2.38. The molecule has 0 fully saturated rings. The number of aromatic hydroxyl groups is 2. The van der Waals surface area contributed by atoms with Crippen LogP contribution < -0.4 is 10.5 Å². The van der Waals surface area contributed by atoms with E-state index < -0.39 is 17.7 Å². The highest BCUT2D eigenvalue weighted by Gasteiger charge is 2.25. The third-order valence-corrected chi connectivity index (χ3v) is 7.01. The third kappa shape index (κ3) is 5.64. The van der Waals surface area contributed by atoms with E-state index in [4.69, 9.17) is 14.9 Å². The number of esters is 1. The molecule has 4 aromatic rings. The number of amides is 1. The van der Waals surface area contributed by atoms with E-state index in [0.29, 0.717) is 12.7 Å². The molecule has 0 atom stereocenters. The van der Waals surface area contributed by atoms with E-state index in [-0.39, 0.29) is 58.8 Å². The average molecular weight is 711 g/mol. The summed E-state index contributed by atoms with van der Waals surface area (Å²) in [4.78, 5) is 37.4. The van der Waals surface area contributed by atoms with Crippen molar-refractivity contribution in [3.63, 3.8) is 0 Å². The van der Waals surface area contributed by atoms with Gasteiger partial charge >= 0.3 is 5.97 Å². The molecule has 4 rings (SSSR count). The molecule has 1 amide bonds. The van der Waals surface area contributed by atoms with Crippen LogP contribution in [0, 0.1) is 7.14 Å². The van der Waals surface area contributed by atoms with Gasteiger partial charge in [0.2, 0.25) is 5.91 Å². The average Bonchev–Trinajstić information content (AvgIpc) is 3.18. The topological polar surface area (TPSA) is 140 Å². The maximum Gasteiger partial charge on any atom is 0.315 e. The summed E-state index contributed by atoms with van der Waals surface area (Å²) >= 11 is 3.85. The van der Waals surface area contributed by atoms with E-state index in [1.807, 2.05) is 51.2 Å². The minimum Gasteiger partial charge on any atom is -0.506 e. The molecule has 0 radical (unpaired) electrons. The van der Waals surface area contributed by atoms with Crippen molar-refractivity contribution in [1.29, 1.82) is 0 Å². The monoisotopic (exact) mass is 711 g/mol. The number of ether oxygens (including phenoxy) is 1. The number of fused-ring (bicyclic) bond motifs is 1. The molecule has 1 heterocycles. The lowest BCUT2D eigenvalue weighted by Crippen LogP contribution is -2.12. The van der Waals surface area contributed by atoms with Crippen molar-refractivity contribution in [3.05, 3.63) is 84.2 Å². The van der Waals surface area contributed by atoms with Gasteiger partial charge < -0.3 is 25.1 Å². The second-order valence-electron chi connectivity index (χ2n) is 7.94. The summed E-state index contributed by atoms with van der Waals surface area (Å²) in [5.74, 6) is -1.77. The van der Waals surface area contributed by atoms with Crippen LogP contribution in [0.3, 0.4) is 0 Å². The summed E-state index contributed by atoms with van der Waals surface area (Å²) < 4.78 is 12.2. The van der Waals surface area contributed by atoms with Crippen molar-refractivity contribution in [2.24, 2.45) is 5.73 Å². The molecule has 0 aliphatic carbocycles. The van der Waals surface area contributed by atoms with Crippen molar-refractivity contribution in [3.8, 4) is 17.2 Å². The number of ketones is 1. The molecule has 0 saturated heterocycles. The number of nitrogens with two attached hydrogens (primary N) is 1. The van der Waals surface area contributed by atoms with Gasteiger partial charge in [-0.15, -0.1) is 0 Å². The largest absolute Gasteiger partial charge is 0.506 e. The Balaban J connectivity index is 1.74. The molecular formula is C26H19I2NO7. The lowest BCUT2D eigenvalue weighted by Gasteiger charge is -2.08. The molecule has 3 aromatic carbocycles. The Morgan fingerprint density at radius 1 is 0.972 bits per heavy atom. The molecule has 10 heteroatoms. The van der Waals surface area contributed by atoms with Gasteiger partial charge in [0.05, 0.1) is 19.1 Å². The van der Waals surface area contributed by atoms with Gasteiger partial charge in [-0.1, -0.05) is 30.3 Å². The van der Waals surface area contributed by atoms with Crippen molar-refractivity contribution >= 4 is 73.8 Å². The molecule has 1 aromatic heterocycles. The van der Waals surface area contributed by atoms with E-state index in [9.17, 15) is 24.6 Å². The van der Waals surface area contributed by atoms with Crippen molar-refractivity contribution in [1.82, 2.24) is 0 Å². The number of carbonyl (C=O) groups excluding carboxylic acids is 3. The van der Waals surface area contributed by atoms with Gasteiger partial charge in [0.15, 0.2) is 17.3 Å². The maximum atomic E-state index is 13.5. The zero-order valence-corrected chi connectivity index (χ0v) is 22.9. The first-order valence-electron chi connectivity index (χ1n) is 10.7. The lowest BCUT2D eigenvalue weighted by atomic mass is 9.98. The van der Waals surface area contributed by atoms with Crippen LogP contribution in [0.2, 0.25) is 0 Å². The SMILES string of the molecule is NC(=O)CCc1oc2cc(OC(=O)Cc3ccccc3)c(O)cc2c1C(=O)c1cc(I)c(O)c(I)c1. The van der Waals surface area contributed by atoms with Crippen molar-refractivity contribution in [2.45, 2.75) is 19.3 Å². The second kappa shape index (κ2) is 10.9. The number of benzene rings is 3. The van der Waals surface area contributed by atoms with Crippen LogP contribution in [0.15, 0.2) is 59.0 Å². The number of phenols is 2. The van der Waals surface area contributed by atoms with Crippen LogP contribution in [0.25, 0.3) is 11.0 Å². The van der Waals surface area contributed by atoms with Gasteiger partial charge in [-0.2, -0.15) is 0 Å². The molecule has 0 saturated carbocycles. The molecule has 184 valence electrons. The second-order valence-corrected chi connectivity index (χ2v) is 10.3. The Hall–Kier alpha value is -3.13. The number of rotatable bonds is 8. The predicted octanol–water partition coefficient (Wildman–Crippen LogP) is 4.85. The summed E-state index contributed by atoms with van der Waals surface area (Å²) in [5.41, 5.74) is 6.70. The fourth-order valence-corrected chi connectivity index (χ4v) is 5.44. The number of halogens is 2. The van der Waals surface area contributed by atoms with Crippen LogP contribution >= 0.6 is 45.2 Å². The smallest absolute Gasteiger partial charge is 0.315 e. The van der Waals surface area contributed by atoms with Crippen molar-refractivity contribution in [2.75, 3.05) is 0 Å². The highest BCUT2D eigenvalue weighted by molar-refractivity contribution is 14.1. The Labute approximate surface area is 232 Å². The summed E-state index contributed by atoms with van der Waals surface area (Å²) in [6, 6.07) is 14.7. The summed E-state index contributed by atoms with van der Waals surface area (Å²) in [6.45, 7) is 0. The Morgan fingerprint density at radius 2 is 1.64 bits per heavy atom. The normalized spacial score (nSPS) is 10.9. The first kappa shape index (κ1) is 25.9. The zero-order chi connectivity index (χ0) is 26.0. The minimum absolute atomic E-state index is 0.00218.